The molecular weight excluding hydrogens is 186 g/mol. The van der Waals surface area contributed by atoms with E-state index in [1.165, 1.54) is 0 Å². The SMILES string of the molecule is O=C(O)c1ncoc1C1CNCCN1. The van der Waals surface area contributed by atoms with Crippen LogP contribution < -0.4 is 10.6 Å². The Labute approximate surface area is 80.3 Å². The van der Waals surface area contributed by atoms with Gasteiger partial charge in [-0.3, -0.25) is 0 Å². The molecule has 0 spiro atoms. The van der Waals surface area contributed by atoms with Crippen LogP contribution in [0, 0.1) is 0 Å². The third-order valence-electron chi connectivity index (χ3n) is 2.15. The fourth-order valence-electron chi connectivity index (χ4n) is 1.50. The molecule has 3 N–H and O–H groups in total. The van der Waals surface area contributed by atoms with Crippen LogP contribution in [0.2, 0.25) is 0 Å². The number of carboxylic acid groups (broad SMARTS) is 1. The molecule has 0 aliphatic carbocycles. The van der Waals surface area contributed by atoms with Gasteiger partial charge >= 0.3 is 5.97 Å². The van der Waals surface area contributed by atoms with Gasteiger partial charge in [-0.1, -0.05) is 0 Å². The number of hydrogen-bond donors (Lipinski definition) is 3. The first kappa shape index (κ1) is 9.17. The first-order valence-electron chi connectivity index (χ1n) is 4.40. The number of rotatable bonds is 2. The molecule has 2 rings (SSSR count). The van der Waals surface area contributed by atoms with Gasteiger partial charge in [-0.2, -0.15) is 0 Å². The molecule has 2 heterocycles. The lowest BCUT2D eigenvalue weighted by Gasteiger charge is -2.22. The zero-order valence-corrected chi connectivity index (χ0v) is 7.49. The zero-order chi connectivity index (χ0) is 9.97. The van der Waals surface area contributed by atoms with Crippen molar-refractivity contribution in [2.45, 2.75) is 6.04 Å². The van der Waals surface area contributed by atoms with Gasteiger partial charge in [0.25, 0.3) is 0 Å². The van der Waals surface area contributed by atoms with E-state index in [4.69, 9.17) is 9.52 Å². The monoisotopic (exact) mass is 197 g/mol. The van der Waals surface area contributed by atoms with Gasteiger partial charge in [0, 0.05) is 19.6 Å². The van der Waals surface area contributed by atoms with Crippen LogP contribution in [0.3, 0.4) is 0 Å². The average Bonchev–Trinajstić information content (AvgIpc) is 2.67. The molecule has 1 unspecified atom stereocenters. The third-order valence-corrected chi connectivity index (χ3v) is 2.15. The number of carboxylic acids is 1. The van der Waals surface area contributed by atoms with Crippen molar-refractivity contribution in [3.63, 3.8) is 0 Å². The highest BCUT2D eigenvalue weighted by Gasteiger charge is 2.25. The Morgan fingerprint density at radius 1 is 1.64 bits per heavy atom. The van der Waals surface area contributed by atoms with Gasteiger partial charge in [-0.05, 0) is 0 Å². The van der Waals surface area contributed by atoms with Crippen LogP contribution in [0.4, 0.5) is 0 Å². The van der Waals surface area contributed by atoms with E-state index in [1.807, 2.05) is 0 Å². The minimum Gasteiger partial charge on any atom is -0.476 e. The van der Waals surface area contributed by atoms with E-state index >= 15 is 0 Å². The van der Waals surface area contributed by atoms with E-state index in [9.17, 15) is 4.79 Å². The topological polar surface area (TPSA) is 87.4 Å². The summed E-state index contributed by atoms with van der Waals surface area (Å²) in [5.74, 6) is -0.661. The predicted molar refractivity (Wildman–Crippen MR) is 47.1 cm³/mol. The molecule has 14 heavy (non-hydrogen) atoms. The van der Waals surface area contributed by atoms with E-state index < -0.39 is 5.97 Å². The molecule has 0 aromatic carbocycles. The van der Waals surface area contributed by atoms with Crippen LogP contribution in [0.5, 0.6) is 0 Å². The van der Waals surface area contributed by atoms with Crippen molar-refractivity contribution in [1.82, 2.24) is 15.6 Å². The number of nitrogens with zero attached hydrogens (tertiary/aromatic N) is 1. The van der Waals surface area contributed by atoms with E-state index in [0.29, 0.717) is 12.3 Å². The fraction of sp³-hybridized carbons (Fsp3) is 0.500. The maximum absolute atomic E-state index is 10.8. The van der Waals surface area contributed by atoms with E-state index in [2.05, 4.69) is 15.6 Å². The van der Waals surface area contributed by atoms with Gasteiger partial charge in [0.15, 0.2) is 17.8 Å². The standard InChI is InChI=1S/C8H11N3O3/c12-8(13)6-7(14-4-11-6)5-3-9-1-2-10-5/h4-5,9-10H,1-3H2,(H,12,13). The molecule has 76 valence electrons. The summed E-state index contributed by atoms with van der Waals surface area (Å²) >= 11 is 0. The summed E-state index contributed by atoms with van der Waals surface area (Å²) in [4.78, 5) is 14.4. The summed E-state index contributed by atoms with van der Waals surface area (Å²) < 4.78 is 5.07. The zero-order valence-electron chi connectivity index (χ0n) is 7.49. The van der Waals surface area contributed by atoms with E-state index in [1.54, 1.807) is 0 Å². The fourth-order valence-corrected chi connectivity index (χ4v) is 1.50. The Bertz CT molecular complexity index is 330. The Balaban J connectivity index is 2.21. The smallest absolute Gasteiger partial charge is 0.358 e. The Morgan fingerprint density at radius 2 is 2.50 bits per heavy atom. The van der Waals surface area contributed by atoms with Crippen LogP contribution in [0.15, 0.2) is 10.8 Å². The summed E-state index contributed by atoms with van der Waals surface area (Å²) in [6.07, 6.45) is 1.16. The Hall–Kier alpha value is -1.40. The van der Waals surface area contributed by atoms with Crippen LogP contribution in [-0.2, 0) is 0 Å². The summed E-state index contributed by atoms with van der Waals surface area (Å²) in [7, 11) is 0. The molecule has 0 saturated carbocycles. The number of aromatic nitrogens is 1. The summed E-state index contributed by atoms with van der Waals surface area (Å²) in [5.41, 5.74) is -0.00815. The van der Waals surface area contributed by atoms with Gasteiger partial charge in [0.2, 0.25) is 0 Å². The number of aromatic carboxylic acids is 1. The average molecular weight is 197 g/mol. The van der Waals surface area contributed by atoms with Gasteiger partial charge in [0.1, 0.15) is 0 Å². The Kier molecular flexibility index (Phi) is 2.47. The van der Waals surface area contributed by atoms with E-state index in [0.717, 1.165) is 19.5 Å². The van der Waals surface area contributed by atoms with Crippen LogP contribution in [0.1, 0.15) is 22.3 Å². The van der Waals surface area contributed by atoms with Gasteiger partial charge in [-0.25, -0.2) is 9.78 Å². The van der Waals surface area contributed by atoms with Gasteiger partial charge < -0.3 is 20.2 Å². The highest BCUT2D eigenvalue weighted by Crippen LogP contribution is 2.17. The van der Waals surface area contributed by atoms with E-state index in [-0.39, 0.29) is 11.7 Å². The number of nitrogens with one attached hydrogen (secondary N) is 2. The second-order valence-electron chi connectivity index (χ2n) is 3.08. The van der Waals surface area contributed by atoms with Gasteiger partial charge in [-0.15, -0.1) is 0 Å². The summed E-state index contributed by atoms with van der Waals surface area (Å²) in [5, 5.41) is 15.1. The quantitative estimate of drug-likeness (QED) is 0.598. The third kappa shape index (κ3) is 1.61. The van der Waals surface area contributed by atoms with Crippen molar-refractivity contribution in [3.8, 4) is 0 Å². The maximum atomic E-state index is 10.8. The molecule has 1 aliphatic rings. The first-order chi connectivity index (χ1) is 6.79. The van der Waals surface area contributed by atoms with Crippen molar-refractivity contribution >= 4 is 5.97 Å². The minimum atomic E-state index is -1.05. The molecule has 0 bridgehead atoms. The molecule has 6 heteroatoms. The lowest BCUT2D eigenvalue weighted by Crippen LogP contribution is -2.43. The van der Waals surface area contributed by atoms with Crippen molar-refractivity contribution in [2.24, 2.45) is 0 Å². The van der Waals surface area contributed by atoms with Crippen LogP contribution in [0.25, 0.3) is 0 Å². The second kappa shape index (κ2) is 3.77. The molecule has 1 aliphatic heterocycles. The van der Waals surface area contributed by atoms with Crippen LogP contribution in [-0.4, -0.2) is 35.7 Å². The number of hydrogen-bond acceptors (Lipinski definition) is 5. The molecular formula is C8H11N3O3. The molecule has 0 radical (unpaired) electrons. The predicted octanol–water partition coefficient (Wildman–Crippen LogP) is -0.393. The number of oxazole rings is 1. The lowest BCUT2D eigenvalue weighted by molar-refractivity contribution is 0.0687. The van der Waals surface area contributed by atoms with Gasteiger partial charge in [0.05, 0.1) is 6.04 Å². The van der Waals surface area contributed by atoms with Crippen molar-refractivity contribution < 1.29 is 14.3 Å². The lowest BCUT2D eigenvalue weighted by atomic mass is 10.1. The normalized spacial score (nSPS) is 22.1. The molecule has 0 amide bonds. The second-order valence-corrected chi connectivity index (χ2v) is 3.08. The molecule has 1 aromatic rings. The largest absolute Gasteiger partial charge is 0.476 e. The molecule has 6 nitrogen and oxygen atoms in total. The highest BCUT2D eigenvalue weighted by atomic mass is 16.4. The van der Waals surface area contributed by atoms with Crippen molar-refractivity contribution in [3.05, 3.63) is 17.8 Å². The maximum Gasteiger partial charge on any atom is 0.358 e. The van der Waals surface area contributed by atoms with Crippen molar-refractivity contribution in [2.75, 3.05) is 19.6 Å². The molecule has 1 atom stereocenters. The highest BCUT2D eigenvalue weighted by molar-refractivity contribution is 5.86. The van der Waals surface area contributed by atoms with Crippen LogP contribution >= 0.6 is 0 Å². The summed E-state index contributed by atoms with van der Waals surface area (Å²) in [6, 6.07) is -0.0997. The summed E-state index contributed by atoms with van der Waals surface area (Å²) in [6.45, 7) is 2.34. The van der Waals surface area contributed by atoms with Crippen molar-refractivity contribution in [1.29, 1.82) is 0 Å². The molecule has 1 fully saturated rings. The number of piperazine rings is 1. The number of carbonyl (C=O) groups is 1. The first-order valence-corrected chi connectivity index (χ1v) is 4.40. The minimum absolute atomic E-state index is 0.00815. The molecule has 1 saturated heterocycles. The molecule has 1 aromatic heterocycles. The Morgan fingerprint density at radius 3 is 3.14 bits per heavy atom.